The van der Waals surface area contributed by atoms with Crippen molar-refractivity contribution in [2.45, 2.75) is 6.54 Å². The number of benzene rings is 2. The lowest BCUT2D eigenvalue weighted by Gasteiger charge is -2.10. The van der Waals surface area contributed by atoms with Gasteiger partial charge in [-0.05, 0) is 35.9 Å². The Labute approximate surface area is 121 Å². The van der Waals surface area contributed by atoms with Gasteiger partial charge in [-0.1, -0.05) is 29.3 Å². The first-order valence-corrected chi connectivity index (χ1v) is 6.37. The van der Waals surface area contributed by atoms with Crippen LogP contribution in [-0.2, 0) is 6.54 Å². The summed E-state index contributed by atoms with van der Waals surface area (Å²) in [4.78, 5) is 0. The number of halogens is 3. The predicted molar refractivity (Wildman–Crippen MR) is 76.7 cm³/mol. The number of hydrogen-bond donors (Lipinski definition) is 1. The number of nitrogens with one attached hydrogen (secondary N) is 1. The van der Waals surface area contributed by atoms with Crippen LogP contribution in [0.15, 0.2) is 36.4 Å². The molecule has 2 nitrogen and oxygen atoms in total. The third kappa shape index (κ3) is 3.52. The van der Waals surface area contributed by atoms with Crippen LogP contribution in [0.4, 0.5) is 10.1 Å². The molecule has 0 unspecified atom stereocenters. The molecule has 1 N–H and O–H groups in total. The smallest absolute Gasteiger partial charge is 0.165 e. The summed E-state index contributed by atoms with van der Waals surface area (Å²) in [6, 6.07) is 9.99. The van der Waals surface area contributed by atoms with E-state index in [-0.39, 0.29) is 11.6 Å². The molecule has 2 rings (SSSR count). The molecule has 19 heavy (non-hydrogen) atoms. The van der Waals surface area contributed by atoms with Gasteiger partial charge in [0.25, 0.3) is 0 Å². The van der Waals surface area contributed by atoms with Crippen molar-refractivity contribution >= 4 is 28.9 Å². The van der Waals surface area contributed by atoms with Crippen molar-refractivity contribution < 1.29 is 9.13 Å². The van der Waals surface area contributed by atoms with Gasteiger partial charge in [0.15, 0.2) is 11.6 Å². The zero-order chi connectivity index (χ0) is 13.8. The molecule has 100 valence electrons. The molecule has 5 heteroatoms. The highest BCUT2D eigenvalue weighted by Crippen LogP contribution is 2.26. The summed E-state index contributed by atoms with van der Waals surface area (Å²) in [7, 11) is 1.43. The molecule has 0 atom stereocenters. The summed E-state index contributed by atoms with van der Waals surface area (Å²) >= 11 is 11.8. The van der Waals surface area contributed by atoms with Gasteiger partial charge in [-0.2, -0.15) is 0 Å². The van der Waals surface area contributed by atoms with Gasteiger partial charge in [0, 0.05) is 11.6 Å². The summed E-state index contributed by atoms with van der Waals surface area (Å²) in [6.45, 7) is 0.461. The highest BCUT2D eigenvalue weighted by atomic mass is 35.5. The second kappa shape index (κ2) is 6.13. The fourth-order valence-corrected chi connectivity index (χ4v) is 2.13. The second-order valence-corrected chi connectivity index (χ2v) is 4.79. The number of anilines is 1. The molecule has 0 amide bonds. The molecule has 0 saturated carbocycles. The quantitative estimate of drug-likeness (QED) is 0.879. The lowest BCUT2D eigenvalue weighted by Crippen LogP contribution is -2.01. The Morgan fingerprint density at radius 2 is 1.95 bits per heavy atom. The molecule has 0 aliphatic rings. The van der Waals surface area contributed by atoms with Crippen LogP contribution in [0.1, 0.15) is 5.56 Å². The van der Waals surface area contributed by atoms with Gasteiger partial charge in [-0.15, -0.1) is 0 Å². The van der Waals surface area contributed by atoms with E-state index in [1.807, 2.05) is 0 Å². The average molecular weight is 300 g/mol. The van der Waals surface area contributed by atoms with Crippen LogP contribution < -0.4 is 10.1 Å². The van der Waals surface area contributed by atoms with Gasteiger partial charge in [0.2, 0.25) is 0 Å². The molecule has 0 radical (unpaired) electrons. The topological polar surface area (TPSA) is 21.3 Å². The summed E-state index contributed by atoms with van der Waals surface area (Å²) in [5.41, 5.74) is 1.55. The van der Waals surface area contributed by atoms with Crippen molar-refractivity contribution in [1.29, 1.82) is 0 Å². The summed E-state index contributed by atoms with van der Waals surface area (Å²) < 4.78 is 18.4. The minimum Gasteiger partial charge on any atom is -0.494 e. The third-order valence-corrected chi connectivity index (χ3v) is 3.18. The maximum atomic E-state index is 13.5. The molecule has 0 spiro atoms. The van der Waals surface area contributed by atoms with Gasteiger partial charge in [-0.3, -0.25) is 0 Å². The minimum atomic E-state index is -0.385. The van der Waals surface area contributed by atoms with Crippen LogP contribution >= 0.6 is 23.2 Å². The highest BCUT2D eigenvalue weighted by molar-refractivity contribution is 6.36. The number of rotatable bonds is 4. The largest absolute Gasteiger partial charge is 0.494 e. The molecular weight excluding hydrogens is 288 g/mol. The van der Waals surface area contributed by atoms with E-state index in [9.17, 15) is 4.39 Å². The molecule has 0 bridgehead atoms. The molecule has 0 saturated heterocycles. The second-order valence-electron chi connectivity index (χ2n) is 3.95. The zero-order valence-corrected chi connectivity index (χ0v) is 11.7. The van der Waals surface area contributed by atoms with E-state index in [2.05, 4.69) is 5.32 Å². The van der Waals surface area contributed by atoms with E-state index in [0.29, 0.717) is 16.6 Å². The van der Waals surface area contributed by atoms with Crippen LogP contribution in [0, 0.1) is 5.82 Å². The van der Waals surface area contributed by atoms with E-state index in [4.69, 9.17) is 27.9 Å². The normalized spacial score (nSPS) is 10.3. The van der Waals surface area contributed by atoms with E-state index in [1.165, 1.54) is 13.2 Å². The van der Waals surface area contributed by atoms with Crippen molar-refractivity contribution in [3.8, 4) is 5.75 Å². The predicted octanol–water partition coefficient (Wildman–Crippen LogP) is 4.75. The van der Waals surface area contributed by atoms with E-state index < -0.39 is 0 Å². The average Bonchev–Trinajstić information content (AvgIpc) is 2.38. The van der Waals surface area contributed by atoms with Crippen molar-refractivity contribution in [2.24, 2.45) is 0 Å². The Morgan fingerprint density at radius 1 is 1.16 bits per heavy atom. The SMILES string of the molecule is COc1ccc(CNc2ccc(Cl)cc2Cl)cc1F. The van der Waals surface area contributed by atoms with Gasteiger partial charge in [-0.25, -0.2) is 4.39 Å². The van der Waals surface area contributed by atoms with Crippen LogP contribution in [0.5, 0.6) is 5.75 Å². The van der Waals surface area contributed by atoms with Crippen LogP contribution in [0.25, 0.3) is 0 Å². The van der Waals surface area contributed by atoms with E-state index >= 15 is 0 Å². The molecule has 2 aromatic rings. The number of hydrogen-bond acceptors (Lipinski definition) is 2. The highest BCUT2D eigenvalue weighted by Gasteiger charge is 2.05. The van der Waals surface area contributed by atoms with E-state index in [0.717, 1.165) is 11.3 Å². The first-order valence-electron chi connectivity index (χ1n) is 5.61. The molecule has 0 aromatic heterocycles. The molecule has 2 aromatic carbocycles. The summed E-state index contributed by atoms with van der Waals surface area (Å²) in [6.07, 6.45) is 0. The van der Waals surface area contributed by atoms with Gasteiger partial charge >= 0.3 is 0 Å². The molecule has 0 fully saturated rings. The molecule has 0 aliphatic heterocycles. The van der Waals surface area contributed by atoms with Gasteiger partial charge in [0.05, 0.1) is 17.8 Å². The summed E-state index contributed by atoms with van der Waals surface area (Å²) in [5, 5.41) is 4.23. The Hall–Kier alpha value is -1.45. The Morgan fingerprint density at radius 3 is 2.58 bits per heavy atom. The zero-order valence-electron chi connectivity index (χ0n) is 10.2. The Bertz CT molecular complexity index is 590. The standard InChI is InChI=1S/C14H12Cl2FNO/c1-19-14-5-2-9(6-12(14)17)8-18-13-4-3-10(15)7-11(13)16/h2-7,18H,8H2,1H3. The van der Waals surface area contributed by atoms with Crippen molar-refractivity contribution in [3.05, 3.63) is 57.8 Å². The Balaban J connectivity index is 2.08. The van der Waals surface area contributed by atoms with Crippen molar-refractivity contribution in [3.63, 3.8) is 0 Å². The van der Waals surface area contributed by atoms with Crippen molar-refractivity contribution in [1.82, 2.24) is 0 Å². The van der Waals surface area contributed by atoms with Crippen molar-refractivity contribution in [2.75, 3.05) is 12.4 Å². The molecule has 0 heterocycles. The fraction of sp³-hybridized carbons (Fsp3) is 0.143. The molecular formula is C14H12Cl2FNO. The maximum absolute atomic E-state index is 13.5. The first-order chi connectivity index (χ1) is 9.10. The minimum absolute atomic E-state index is 0.230. The first kappa shape index (κ1) is 14.0. The van der Waals surface area contributed by atoms with Crippen LogP contribution in [-0.4, -0.2) is 7.11 Å². The lowest BCUT2D eigenvalue weighted by molar-refractivity contribution is 0.386. The lowest BCUT2D eigenvalue weighted by atomic mass is 10.2. The third-order valence-electron chi connectivity index (χ3n) is 2.63. The fourth-order valence-electron chi connectivity index (χ4n) is 1.65. The number of ether oxygens (including phenoxy) is 1. The Kier molecular flexibility index (Phi) is 4.51. The maximum Gasteiger partial charge on any atom is 0.165 e. The summed E-state index contributed by atoms with van der Waals surface area (Å²) in [5.74, 6) is -0.155. The van der Waals surface area contributed by atoms with Crippen LogP contribution in [0.2, 0.25) is 10.0 Å². The number of methoxy groups -OCH3 is 1. The monoisotopic (exact) mass is 299 g/mol. The van der Waals surface area contributed by atoms with E-state index in [1.54, 1.807) is 30.3 Å². The van der Waals surface area contributed by atoms with Gasteiger partial charge < -0.3 is 10.1 Å². The molecule has 0 aliphatic carbocycles. The van der Waals surface area contributed by atoms with Gasteiger partial charge in [0.1, 0.15) is 0 Å². The van der Waals surface area contributed by atoms with Crippen LogP contribution in [0.3, 0.4) is 0 Å².